The molecule has 3 rings (SSSR count). The number of piperazine rings is 1. The van der Waals surface area contributed by atoms with Crippen molar-refractivity contribution in [2.24, 2.45) is 0 Å². The Bertz CT molecular complexity index is 769. The molecule has 2 aromatic rings. The van der Waals surface area contributed by atoms with Crippen molar-refractivity contribution in [2.45, 2.75) is 6.42 Å². The number of halogens is 1. The molecule has 2 amide bonds. The summed E-state index contributed by atoms with van der Waals surface area (Å²) >= 11 is 4.84. The van der Waals surface area contributed by atoms with E-state index in [4.69, 9.17) is 4.74 Å². The second kappa shape index (κ2) is 8.01. The van der Waals surface area contributed by atoms with Crippen LogP contribution in [0.2, 0.25) is 0 Å². The highest BCUT2D eigenvalue weighted by molar-refractivity contribution is 9.10. The molecule has 1 saturated heterocycles. The molecule has 0 atom stereocenters. The first-order chi connectivity index (χ1) is 12.1. The van der Waals surface area contributed by atoms with E-state index in [-0.39, 0.29) is 11.8 Å². The Kier molecular flexibility index (Phi) is 5.75. The van der Waals surface area contributed by atoms with Crippen LogP contribution in [0.25, 0.3) is 0 Å². The predicted octanol–water partition coefficient (Wildman–Crippen LogP) is 3.05. The Labute approximate surface area is 159 Å². The van der Waals surface area contributed by atoms with Crippen LogP contribution in [0.3, 0.4) is 0 Å². The lowest BCUT2D eigenvalue weighted by Gasteiger charge is -2.34. The molecule has 5 nitrogen and oxygen atoms in total. The maximum atomic E-state index is 12.5. The molecule has 0 radical (unpaired) electrons. The number of rotatable bonds is 4. The van der Waals surface area contributed by atoms with Crippen LogP contribution in [0.1, 0.15) is 15.2 Å². The largest absolute Gasteiger partial charge is 0.497 e. The lowest BCUT2D eigenvalue weighted by Crippen LogP contribution is -2.50. The Morgan fingerprint density at radius 3 is 2.52 bits per heavy atom. The third-order valence-corrected chi connectivity index (χ3v) is 6.05. The Morgan fingerprint density at radius 2 is 1.88 bits per heavy atom. The fraction of sp³-hybridized carbons (Fsp3) is 0.333. The first-order valence-electron chi connectivity index (χ1n) is 8.01. The van der Waals surface area contributed by atoms with Gasteiger partial charge in [0.1, 0.15) is 10.6 Å². The summed E-state index contributed by atoms with van der Waals surface area (Å²) in [7, 11) is 1.61. The van der Waals surface area contributed by atoms with Gasteiger partial charge in [-0.1, -0.05) is 12.1 Å². The van der Waals surface area contributed by atoms with Gasteiger partial charge >= 0.3 is 0 Å². The van der Waals surface area contributed by atoms with Crippen LogP contribution in [-0.2, 0) is 11.2 Å². The quantitative estimate of drug-likeness (QED) is 0.760. The van der Waals surface area contributed by atoms with E-state index in [1.165, 1.54) is 11.3 Å². The van der Waals surface area contributed by atoms with Crippen molar-refractivity contribution in [1.82, 2.24) is 9.80 Å². The van der Waals surface area contributed by atoms with Crippen LogP contribution in [0.4, 0.5) is 0 Å². The summed E-state index contributed by atoms with van der Waals surface area (Å²) in [6.07, 6.45) is 0.349. The van der Waals surface area contributed by atoms with Gasteiger partial charge in [-0.15, -0.1) is 11.3 Å². The number of methoxy groups -OCH3 is 1. The zero-order valence-electron chi connectivity index (χ0n) is 13.9. The third kappa shape index (κ3) is 4.22. The summed E-state index contributed by atoms with van der Waals surface area (Å²) in [5.74, 6) is 0.863. The van der Waals surface area contributed by atoms with Crippen molar-refractivity contribution in [3.63, 3.8) is 0 Å². The van der Waals surface area contributed by atoms with Gasteiger partial charge in [-0.2, -0.15) is 0 Å². The number of amides is 2. The average Bonchev–Trinajstić information content (AvgIpc) is 3.07. The molecule has 1 aliphatic heterocycles. The monoisotopic (exact) mass is 422 g/mol. The molecular weight excluding hydrogens is 404 g/mol. The molecule has 2 heterocycles. The molecule has 132 valence electrons. The van der Waals surface area contributed by atoms with Crippen molar-refractivity contribution in [3.8, 4) is 5.75 Å². The van der Waals surface area contributed by atoms with E-state index < -0.39 is 0 Å². The van der Waals surface area contributed by atoms with Crippen molar-refractivity contribution >= 4 is 39.1 Å². The highest BCUT2D eigenvalue weighted by Crippen LogP contribution is 2.24. The van der Waals surface area contributed by atoms with Crippen LogP contribution in [-0.4, -0.2) is 54.9 Å². The molecule has 0 saturated carbocycles. The number of hydrogen-bond donors (Lipinski definition) is 0. The lowest BCUT2D eigenvalue weighted by atomic mass is 10.1. The minimum atomic E-state index is 0.0294. The number of ether oxygens (including phenoxy) is 1. The van der Waals surface area contributed by atoms with Gasteiger partial charge in [-0.3, -0.25) is 9.59 Å². The van der Waals surface area contributed by atoms with Crippen LogP contribution in [0, 0.1) is 0 Å². The molecule has 0 spiro atoms. The fourth-order valence-corrected chi connectivity index (χ4v) is 4.33. The van der Waals surface area contributed by atoms with Gasteiger partial charge < -0.3 is 14.5 Å². The predicted molar refractivity (Wildman–Crippen MR) is 101 cm³/mol. The smallest absolute Gasteiger partial charge is 0.265 e. The van der Waals surface area contributed by atoms with Crippen LogP contribution in [0.5, 0.6) is 5.75 Å². The molecule has 1 aromatic heterocycles. The molecule has 0 aliphatic carbocycles. The first-order valence-corrected chi connectivity index (χ1v) is 9.68. The number of nitrogens with zero attached hydrogens (tertiary/aromatic N) is 2. The lowest BCUT2D eigenvalue weighted by molar-refractivity contribution is -0.131. The molecule has 1 fully saturated rings. The topological polar surface area (TPSA) is 49.9 Å². The zero-order valence-corrected chi connectivity index (χ0v) is 16.3. The molecule has 25 heavy (non-hydrogen) atoms. The number of benzene rings is 1. The minimum Gasteiger partial charge on any atom is -0.497 e. The van der Waals surface area contributed by atoms with Crippen LogP contribution < -0.4 is 4.74 Å². The molecule has 1 aliphatic rings. The summed E-state index contributed by atoms with van der Waals surface area (Å²) in [6, 6.07) is 9.43. The Balaban J connectivity index is 1.55. The molecule has 0 bridgehead atoms. The van der Waals surface area contributed by atoms with Crippen molar-refractivity contribution in [1.29, 1.82) is 0 Å². The number of hydrogen-bond acceptors (Lipinski definition) is 4. The second-order valence-electron chi connectivity index (χ2n) is 5.80. The SMILES string of the molecule is COc1cccc(CC(=O)N2CCN(C(=O)c3sccc3Br)CC2)c1. The molecule has 0 N–H and O–H groups in total. The van der Waals surface area contributed by atoms with E-state index in [1.54, 1.807) is 7.11 Å². The Hall–Kier alpha value is -1.86. The van der Waals surface area contributed by atoms with E-state index in [1.807, 2.05) is 45.5 Å². The van der Waals surface area contributed by atoms with Gasteiger partial charge in [0, 0.05) is 30.7 Å². The number of carbonyl (C=O) groups is 2. The van der Waals surface area contributed by atoms with Crippen molar-refractivity contribution in [2.75, 3.05) is 33.3 Å². The van der Waals surface area contributed by atoms with E-state index in [9.17, 15) is 9.59 Å². The average molecular weight is 423 g/mol. The third-order valence-electron chi connectivity index (χ3n) is 4.22. The van der Waals surface area contributed by atoms with Crippen LogP contribution in [0.15, 0.2) is 40.2 Å². The van der Waals surface area contributed by atoms with E-state index in [0.29, 0.717) is 32.6 Å². The fourth-order valence-electron chi connectivity index (χ4n) is 2.82. The van der Waals surface area contributed by atoms with Gasteiger partial charge in [-0.25, -0.2) is 0 Å². The van der Waals surface area contributed by atoms with E-state index in [2.05, 4.69) is 15.9 Å². The molecule has 0 unspecified atom stereocenters. The highest BCUT2D eigenvalue weighted by Gasteiger charge is 2.26. The summed E-state index contributed by atoms with van der Waals surface area (Å²) in [5, 5.41) is 1.89. The van der Waals surface area contributed by atoms with Crippen molar-refractivity contribution < 1.29 is 14.3 Å². The van der Waals surface area contributed by atoms with E-state index in [0.717, 1.165) is 20.7 Å². The summed E-state index contributed by atoms with van der Waals surface area (Å²) in [6.45, 7) is 2.26. The van der Waals surface area contributed by atoms with Gasteiger partial charge in [0.2, 0.25) is 5.91 Å². The molecule has 1 aromatic carbocycles. The van der Waals surface area contributed by atoms with Gasteiger partial charge in [0.15, 0.2) is 0 Å². The van der Waals surface area contributed by atoms with Gasteiger partial charge in [-0.05, 0) is 45.1 Å². The Morgan fingerprint density at radius 1 is 1.16 bits per heavy atom. The first kappa shape index (κ1) is 17.9. The summed E-state index contributed by atoms with van der Waals surface area (Å²) in [4.78, 5) is 29.4. The maximum absolute atomic E-state index is 12.5. The minimum absolute atomic E-state index is 0.0294. The van der Waals surface area contributed by atoms with Crippen LogP contribution >= 0.6 is 27.3 Å². The van der Waals surface area contributed by atoms with Gasteiger partial charge in [0.05, 0.1) is 13.5 Å². The number of thiophene rings is 1. The van der Waals surface area contributed by atoms with Crippen molar-refractivity contribution in [3.05, 3.63) is 50.6 Å². The summed E-state index contributed by atoms with van der Waals surface area (Å²) < 4.78 is 6.03. The molecular formula is C18H19BrN2O3S. The summed E-state index contributed by atoms with van der Waals surface area (Å²) in [5.41, 5.74) is 0.936. The zero-order chi connectivity index (χ0) is 17.8. The maximum Gasteiger partial charge on any atom is 0.265 e. The highest BCUT2D eigenvalue weighted by atomic mass is 79.9. The van der Waals surface area contributed by atoms with Gasteiger partial charge in [0.25, 0.3) is 5.91 Å². The normalized spacial score (nSPS) is 14.5. The van der Waals surface area contributed by atoms with E-state index >= 15 is 0 Å². The second-order valence-corrected chi connectivity index (χ2v) is 7.57. The number of carbonyl (C=O) groups excluding carboxylic acids is 2. The standard InChI is InChI=1S/C18H19BrN2O3S/c1-24-14-4-2-3-13(11-14)12-16(22)20-6-8-21(9-7-20)18(23)17-15(19)5-10-25-17/h2-5,10-11H,6-9,12H2,1H3. The molecule has 7 heteroatoms.